The number of aliphatic carboxylic acids is 1. The first-order valence-electron chi connectivity index (χ1n) is 7.00. The van der Waals surface area contributed by atoms with E-state index in [9.17, 15) is 9.59 Å². The molecule has 1 aliphatic heterocycles. The van der Waals surface area contributed by atoms with Crippen LogP contribution in [0.3, 0.4) is 0 Å². The lowest BCUT2D eigenvalue weighted by molar-refractivity contribution is -0.147. The number of hydrogen-bond acceptors (Lipinski definition) is 3. The second-order valence-electron chi connectivity index (χ2n) is 5.79. The van der Waals surface area contributed by atoms with Crippen molar-refractivity contribution in [3.63, 3.8) is 0 Å². The topological polar surface area (TPSA) is 57.6 Å². The van der Waals surface area contributed by atoms with E-state index in [-0.39, 0.29) is 17.7 Å². The quantitative estimate of drug-likeness (QED) is 0.762. The van der Waals surface area contributed by atoms with Crippen LogP contribution in [-0.2, 0) is 9.59 Å². The molecule has 2 unspecified atom stereocenters. The van der Waals surface area contributed by atoms with Crippen molar-refractivity contribution in [2.75, 3.05) is 24.6 Å². The standard InChI is InChI=1S/C14H25NO3S/c1-10(2)5-7-19-9-13(16)15-6-4-12(14(17)18)11(3)8-15/h10-12H,4-9H2,1-3H3,(H,17,18). The fourth-order valence-electron chi connectivity index (χ4n) is 2.31. The largest absolute Gasteiger partial charge is 0.481 e. The molecular formula is C14H25NO3S. The van der Waals surface area contributed by atoms with Gasteiger partial charge in [0.05, 0.1) is 11.7 Å². The van der Waals surface area contributed by atoms with Crippen molar-refractivity contribution in [1.29, 1.82) is 0 Å². The molecule has 0 aliphatic carbocycles. The normalized spacial score (nSPS) is 23.7. The second-order valence-corrected chi connectivity index (χ2v) is 6.89. The fraction of sp³-hybridized carbons (Fsp3) is 0.857. The summed E-state index contributed by atoms with van der Waals surface area (Å²) in [6, 6.07) is 0. The minimum absolute atomic E-state index is 0.0517. The molecule has 4 nitrogen and oxygen atoms in total. The Morgan fingerprint density at radius 1 is 1.42 bits per heavy atom. The van der Waals surface area contributed by atoms with Crippen LogP contribution in [0.1, 0.15) is 33.6 Å². The minimum Gasteiger partial charge on any atom is -0.481 e. The highest BCUT2D eigenvalue weighted by atomic mass is 32.2. The summed E-state index contributed by atoms with van der Waals surface area (Å²) in [6.07, 6.45) is 1.72. The summed E-state index contributed by atoms with van der Waals surface area (Å²) in [6.45, 7) is 7.46. The average Bonchev–Trinajstić information content (AvgIpc) is 2.33. The molecule has 1 aliphatic rings. The number of carbonyl (C=O) groups excluding carboxylic acids is 1. The summed E-state index contributed by atoms with van der Waals surface area (Å²) in [7, 11) is 0. The number of piperidine rings is 1. The Hall–Kier alpha value is -0.710. The number of thioether (sulfide) groups is 1. The highest BCUT2D eigenvalue weighted by Crippen LogP contribution is 2.24. The molecule has 1 heterocycles. The Balaban J connectivity index is 2.29. The third-order valence-corrected chi connectivity index (χ3v) is 4.62. The fourth-order valence-corrected chi connectivity index (χ4v) is 3.45. The van der Waals surface area contributed by atoms with Crippen LogP contribution in [0.25, 0.3) is 0 Å². The third kappa shape index (κ3) is 5.43. The third-order valence-electron chi connectivity index (χ3n) is 3.64. The van der Waals surface area contributed by atoms with Crippen molar-refractivity contribution >= 4 is 23.6 Å². The molecule has 0 radical (unpaired) electrons. The van der Waals surface area contributed by atoms with Gasteiger partial charge in [-0.25, -0.2) is 0 Å². The van der Waals surface area contributed by atoms with Crippen LogP contribution in [0, 0.1) is 17.8 Å². The number of hydrogen-bond donors (Lipinski definition) is 1. The molecule has 1 saturated heterocycles. The van der Waals surface area contributed by atoms with Crippen LogP contribution < -0.4 is 0 Å². The first kappa shape index (κ1) is 16.3. The first-order valence-corrected chi connectivity index (χ1v) is 8.15. The van der Waals surface area contributed by atoms with Gasteiger partial charge in [-0.05, 0) is 30.4 Å². The predicted molar refractivity (Wildman–Crippen MR) is 78.3 cm³/mol. The van der Waals surface area contributed by atoms with Crippen molar-refractivity contribution in [2.24, 2.45) is 17.8 Å². The van der Waals surface area contributed by atoms with E-state index in [1.807, 2.05) is 11.8 Å². The second kappa shape index (κ2) is 7.78. The Morgan fingerprint density at radius 2 is 2.11 bits per heavy atom. The number of rotatable bonds is 6. The van der Waals surface area contributed by atoms with Gasteiger partial charge in [0.1, 0.15) is 0 Å². The van der Waals surface area contributed by atoms with Crippen LogP contribution in [0.5, 0.6) is 0 Å². The van der Waals surface area contributed by atoms with Gasteiger partial charge in [0, 0.05) is 13.1 Å². The zero-order chi connectivity index (χ0) is 14.4. The molecule has 19 heavy (non-hydrogen) atoms. The predicted octanol–water partition coefficient (Wildman–Crippen LogP) is 2.33. The van der Waals surface area contributed by atoms with Gasteiger partial charge >= 0.3 is 5.97 Å². The number of carboxylic acid groups (broad SMARTS) is 1. The van der Waals surface area contributed by atoms with Crippen molar-refractivity contribution in [3.8, 4) is 0 Å². The van der Waals surface area contributed by atoms with Gasteiger partial charge in [-0.2, -0.15) is 11.8 Å². The molecule has 0 aromatic carbocycles. The number of carboxylic acids is 1. The van der Waals surface area contributed by atoms with Crippen molar-refractivity contribution in [3.05, 3.63) is 0 Å². The summed E-state index contributed by atoms with van der Waals surface area (Å²) in [5, 5.41) is 9.05. The first-order chi connectivity index (χ1) is 8.91. The van der Waals surface area contributed by atoms with Crippen molar-refractivity contribution in [1.82, 2.24) is 4.90 Å². The zero-order valence-electron chi connectivity index (χ0n) is 12.1. The smallest absolute Gasteiger partial charge is 0.306 e. The molecule has 0 spiro atoms. The Bertz CT molecular complexity index is 320. The molecular weight excluding hydrogens is 262 g/mol. The average molecular weight is 287 g/mol. The monoisotopic (exact) mass is 287 g/mol. The van der Waals surface area contributed by atoms with E-state index in [1.165, 1.54) is 0 Å². The maximum atomic E-state index is 12.0. The summed E-state index contributed by atoms with van der Waals surface area (Å²) < 4.78 is 0. The van der Waals surface area contributed by atoms with E-state index in [2.05, 4.69) is 13.8 Å². The van der Waals surface area contributed by atoms with E-state index in [0.717, 1.165) is 12.2 Å². The highest BCUT2D eigenvalue weighted by Gasteiger charge is 2.32. The SMILES string of the molecule is CC(C)CCSCC(=O)N1CCC(C(=O)O)C(C)C1. The van der Waals surface area contributed by atoms with Crippen LogP contribution in [0.4, 0.5) is 0 Å². The van der Waals surface area contributed by atoms with Gasteiger partial charge in [0.15, 0.2) is 0 Å². The molecule has 0 saturated carbocycles. The summed E-state index contributed by atoms with van der Waals surface area (Å²) in [4.78, 5) is 24.9. The molecule has 0 bridgehead atoms. The van der Waals surface area contributed by atoms with Gasteiger partial charge in [0.25, 0.3) is 0 Å². The lowest BCUT2D eigenvalue weighted by Gasteiger charge is -2.34. The molecule has 5 heteroatoms. The van der Waals surface area contributed by atoms with E-state index in [4.69, 9.17) is 5.11 Å². The van der Waals surface area contributed by atoms with Crippen LogP contribution >= 0.6 is 11.8 Å². The summed E-state index contributed by atoms with van der Waals surface area (Å²) in [5.74, 6) is 1.40. The number of amides is 1. The molecule has 0 aromatic rings. The van der Waals surface area contributed by atoms with E-state index in [0.29, 0.717) is 31.2 Å². The molecule has 110 valence electrons. The highest BCUT2D eigenvalue weighted by molar-refractivity contribution is 7.99. The van der Waals surface area contributed by atoms with Crippen molar-refractivity contribution in [2.45, 2.75) is 33.6 Å². The number of likely N-dealkylation sites (tertiary alicyclic amines) is 1. The Labute approximate surface area is 119 Å². The number of nitrogens with zero attached hydrogens (tertiary/aromatic N) is 1. The van der Waals surface area contributed by atoms with Crippen molar-refractivity contribution < 1.29 is 14.7 Å². The van der Waals surface area contributed by atoms with Gasteiger partial charge in [0.2, 0.25) is 5.91 Å². The zero-order valence-corrected chi connectivity index (χ0v) is 12.9. The van der Waals surface area contributed by atoms with E-state index >= 15 is 0 Å². The molecule has 0 aromatic heterocycles. The Morgan fingerprint density at radius 3 is 2.63 bits per heavy atom. The van der Waals surface area contributed by atoms with Crippen LogP contribution in [0.15, 0.2) is 0 Å². The Kier molecular flexibility index (Phi) is 6.69. The van der Waals surface area contributed by atoms with Gasteiger partial charge in [-0.1, -0.05) is 20.8 Å². The van der Waals surface area contributed by atoms with Gasteiger partial charge in [-0.3, -0.25) is 9.59 Å². The maximum absolute atomic E-state index is 12.0. The summed E-state index contributed by atoms with van der Waals surface area (Å²) >= 11 is 1.68. The van der Waals surface area contributed by atoms with Gasteiger partial charge in [-0.15, -0.1) is 0 Å². The molecule has 1 rings (SSSR count). The summed E-state index contributed by atoms with van der Waals surface area (Å²) in [5.41, 5.74) is 0. The van der Waals surface area contributed by atoms with E-state index in [1.54, 1.807) is 11.8 Å². The number of carbonyl (C=O) groups is 2. The molecule has 1 fully saturated rings. The lowest BCUT2D eigenvalue weighted by atomic mass is 9.87. The molecule has 1 N–H and O–H groups in total. The van der Waals surface area contributed by atoms with Crippen LogP contribution in [-0.4, -0.2) is 46.5 Å². The maximum Gasteiger partial charge on any atom is 0.306 e. The van der Waals surface area contributed by atoms with Gasteiger partial charge < -0.3 is 10.0 Å². The molecule has 1 amide bonds. The molecule has 2 atom stereocenters. The van der Waals surface area contributed by atoms with Crippen LogP contribution in [0.2, 0.25) is 0 Å². The van der Waals surface area contributed by atoms with E-state index < -0.39 is 5.97 Å². The minimum atomic E-state index is -0.731. The lowest BCUT2D eigenvalue weighted by Crippen LogP contribution is -2.45.